The second kappa shape index (κ2) is 6.77. The number of carbonyl (C=O) groups excluding carboxylic acids is 1. The summed E-state index contributed by atoms with van der Waals surface area (Å²) in [7, 11) is 0. The van der Waals surface area contributed by atoms with Crippen LogP contribution in [-0.4, -0.2) is 18.8 Å². The Hall–Kier alpha value is -1.52. The van der Waals surface area contributed by atoms with Crippen LogP contribution in [0.15, 0.2) is 24.3 Å². The summed E-state index contributed by atoms with van der Waals surface area (Å²) in [5.41, 5.74) is 1.27. The predicted octanol–water partition coefficient (Wildman–Crippen LogP) is 4.23. The fourth-order valence-corrected chi connectivity index (χ4v) is 2.19. The number of esters is 1. The zero-order valence-electron chi connectivity index (χ0n) is 11.8. The Balaban J connectivity index is 3.20. The van der Waals surface area contributed by atoms with Crippen molar-refractivity contribution in [2.45, 2.75) is 39.3 Å². The molecule has 1 aromatic carbocycles. The molecule has 0 aliphatic carbocycles. The second-order valence-electron chi connectivity index (χ2n) is 4.70. The van der Waals surface area contributed by atoms with Crippen molar-refractivity contribution in [2.24, 2.45) is 5.92 Å². The van der Waals surface area contributed by atoms with Crippen LogP contribution in [0.3, 0.4) is 0 Å². The number of halogens is 3. The van der Waals surface area contributed by atoms with Gasteiger partial charge in [0.1, 0.15) is 0 Å². The van der Waals surface area contributed by atoms with E-state index in [1.807, 2.05) is 6.92 Å². The van der Waals surface area contributed by atoms with Gasteiger partial charge in [-0.2, -0.15) is 13.2 Å². The summed E-state index contributed by atoms with van der Waals surface area (Å²) in [6.07, 6.45) is -4.60. The van der Waals surface area contributed by atoms with Crippen molar-refractivity contribution in [3.8, 4) is 0 Å². The van der Waals surface area contributed by atoms with Gasteiger partial charge in [0.25, 0.3) is 0 Å². The van der Waals surface area contributed by atoms with Crippen molar-refractivity contribution in [3.63, 3.8) is 0 Å². The highest BCUT2D eigenvalue weighted by molar-refractivity contribution is 5.78. The average molecular weight is 288 g/mol. The molecule has 112 valence electrons. The summed E-state index contributed by atoms with van der Waals surface area (Å²) in [4.78, 5) is 12.0. The van der Waals surface area contributed by atoms with Crippen molar-refractivity contribution in [3.05, 3.63) is 35.4 Å². The zero-order chi connectivity index (χ0) is 15.3. The van der Waals surface area contributed by atoms with E-state index >= 15 is 0 Å². The molecule has 0 saturated heterocycles. The number of rotatable bonds is 5. The monoisotopic (exact) mass is 288 g/mol. The summed E-state index contributed by atoms with van der Waals surface area (Å²) < 4.78 is 44.2. The molecule has 1 aromatic rings. The van der Waals surface area contributed by atoms with Gasteiger partial charge in [-0.05, 0) is 25.8 Å². The number of benzene rings is 1. The predicted molar refractivity (Wildman–Crippen MR) is 70.4 cm³/mol. The molecular formula is C15H19F3O2. The Bertz CT molecular complexity index is 437. The molecule has 0 radical (unpaired) electrons. The molecule has 0 amide bonds. The Morgan fingerprint density at radius 2 is 1.75 bits per heavy atom. The van der Waals surface area contributed by atoms with Crippen LogP contribution in [0, 0.1) is 12.8 Å². The van der Waals surface area contributed by atoms with Crippen LogP contribution in [0.5, 0.6) is 0 Å². The Morgan fingerprint density at radius 1 is 1.20 bits per heavy atom. The van der Waals surface area contributed by atoms with E-state index in [1.165, 1.54) is 6.92 Å². The molecule has 2 atom stereocenters. The minimum atomic E-state index is -4.43. The van der Waals surface area contributed by atoms with Crippen molar-refractivity contribution in [2.75, 3.05) is 6.61 Å². The molecule has 0 aliphatic rings. The highest BCUT2D eigenvalue weighted by Gasteiger charge is 2.47. The normalized spacial score (nSPS) is 14.7. The van der Waals surface area contributed by atoms with E-state index < -0.39 is 24.0 Å². The largest absolute Gasteiger partial charge is 0.466 e. The minimum absolute atomic E-state index is 0.0650. The fourth-order valence-electron chi connectivity index (χ4n) is 2.19. The number of hydrogen-bond acceptors (Lipinski definition) is 2. The first-order chi connectivity index (χ1) is 9.31. The highest BCUT2D eigenvalue weighted by atomic mass is 19.4. The van der Waals surface area contributed by atoms with Gasteiger partial charge in [0, 0.05) is 0 Å². The van der Waals surface area contributed by atoms with Gasteiger partial charge in [-0.3, -0.25) is 4.79 Å². The number of alkyl halides is 3. The summed E-state index contributed by atoms with van der Waals surface area (Å²) >= 11 is 0. The van der Waals surface area contributed by atoms with Crippen LogP contribution in [0.25, 0.3) is 0 Å². The quantitative estimate of drug-likeness (QED) is 0.758. The summed E-state index contributed by atoms with van der Waals surface area (Å²) in [5.74, 6) is -3.86. The summed E-state index contributed by atoms with van der Waals surface area (Å²) in [5, 5.41) is 0. The van der Waals surface area contributed by atoms with E-state index in [0.717, 1.165) is 5.56 Å². The molecule has 0 bridgehead atoms. The maximum absolute atomic E-state index is 13.1. The van der Waals surface area contributed by atoms with E-state index in [0.29, 0.717) is 5.56 Å². The van der Waals surface area contributed by atoms with Gasteiger partial charge in [0.05, 0.1) is 18.4 Å². The van der Waals surface area contributed by atoms with Crippen LogP contribution in [0.4, 0.5) is 13.2 Å². The highest BCUT2D eigenvalue weighted by Crippen LogP contribution is 2.40. The van der Waals surface area contributed by atoms with Gasteiger partial charge < -0.3 is 4.74 Å². The second-order valence-corrected chi connectivity index (χ2v) is 4.70. The van der Waals surface area contributed by atoms with E-state index in [1.54, 1.807) is 31.2 Å². The van der Waals surface area contributed by atoms with Gasteiger partial charge >= 0.3 is 12.1 Å². The number of hydrogen-bond donors (Lipinski definition) is 0. The third-order valence-corrected chi connectivity index (χ3v) is 3.24. The Kier molecular flexibility index (Phi) is 5.60. The lowest BCUT2D eigenvalue weighted by molar-refractivity contribution is -0.190. The van der Waals surface area contributed by atoms with Gasteiger partial charge in [0.2, 0.25) is 0 Å². The van der Waals surface area contributed by atoms with Crippen molar-refractivity contribution in [1.29, 1.82) is 0 Å². The maximum Gasteiger partial charge on any atom is 0.392 e. The number of aryl methyl sites for hydroxylation is 1. The number of carbonyl (C=O) groups is 1. The summed E-state index contributed by atoms with van der Waals surface area (Å²) in [6, 6.07) is 6.52. The molecule has 5 heteroatoms. The van der Waals surface area contributed by atoms with Crippen LogP contribution < -0.4 is 0 Å². The minimum Gasteiger partial charge on any atom is -0.466 e. The third-order valence-electron chi connectivity index (χ3n) is 3.24. The molecule has 0 N–H and O–H groups in total. The van der Waals surface area contributed by atoms with Gasteiger partial charge in [-0.15, -0.1) is 0 Å². The number of ether oxygens (including phenoxy) is 1. The molecule has 0 heterocycles. The van der Waals surface area contributed by atoms with Gasteiger partial charge in [-0.1, -0.05) is 36.8 Å². The van der Waals surface area contributed by atoms with E-state index in [4.69, 9.17) is 4.74 Å². The maximum atomic E-state index is 13.1. The molecule has 0 spiro atoms. The molecule has 0 aromatic heterocycles. The molecule has 1 rings (SSSR count). The van der Waals surface area contributed by atoms with Gasteiger partial charge in [-0.25, -0.2) is 0 Å². The van der Waals surface area contributed by atoms with Crippen molar-refractivity contribution < 1.29 is 22.7 Å². The molecule has 2 unspecified atom stereocenters. The van der Waals surface area contributed by atoms with Crippen molar-refractivity contribution in [1.82, 2.24) is 0 Å². The van der Waals surface area contributed by atoms with Crippen LogP contribution >= 0.6 is 0 Å². The summed E-state index contributed by atoms with van der Waals surface area (Å²) in [6.45, 7) is 4.91. The third kappa shape index (κ3) is 3.99. The van der Waals surface area contributed by atoms with Crippen LogP contribution in [0.2, 0.25) is 0 Å². The molecule has 2 nitrogen and oxygen atoms in total. The van der Waals surface area contributed by atoms with Crippen LogP contribution in [0.1, 0.15) is 37.3 Å². The molecule has 0 saturated carbocycles. The lowest BCUT2D eigenvalue weighted by Gasteiger charge is -2.27. The standard InChI is InChI=1S/C15H19F3O2/c1-4-12(15(16,17)18)13(14(19)20-5-2)11-8-6-10(3)7-9-11/h6-9,12-13H,4-5H2,1-3H3. The molecule has 0 fully saturated rings. The van der Waals surface area contributed by atoms with E-state index in [2.05, 4.69) is 0 Å². The smallest absolute Gasteiger partial charge is 0.392 e. The zero-order valence-corrected chi connectivity index (χ0v) is 11.8. The lowest BCUT2D eigenvalue weighted by atomic mass is 9.83. The first kappa shape index (κ1) is 16.5. The molecular weight excluding hydrogens is 269 g/mol. The van der Waals surface area contributed by atoms with E-state index in [9.17, 15) is 18.0 Å². The van der Waals surface area contributed by atoms with E-state index in [-0.39, 0.29) is 13.0 Å². The van der Waals surface area contributed by atoms with Crippen molar-refractivity contribution >= 4 is 5.97 Å². The molecule has 20 heavy (non-hydrogen) atoms. The first-order valence-corrected chi connectivity index (χ1v) is 6.61. The Labute approximate surface area is 116 Å². The van der Waals surface area contributed by atoms with Crippen LogP contribution in [-0.2, 0) is 9.53 Å². The molecule has 0 aliphatic heterocycles. The topological polar surface area (TPSA) is 26.3 Å². The first-order valence-electron chi connectivity index (χ1n) is 6.61. The average Bonchev–Trinajstić information content (AvgIpc) is 2.35. The lowest BCUT2D eigenvalue weighted by Crippen LogP contribution is -2.34. The fraction of sp³-hybridized carbons (Fsp3) is 0.533. The van der Waals surface area contributed by atoms with Gasteiger partial charge in [0.15, 0.2) is 0 Å². The Morgan fingerprint density at radius 3 is 2.15 bits per heavy atom. The SMILES string of the molecule is CCOC(=O)C(c1ccc(C)cc1)C(CC)C(F)(F)F.